The van der Waals surface area contributed by atoms with Gasteiger partial charge in [0.25, 0.3) is 0 Å². The fourth-order valence-corrected chi connectivity index (χ4v) is 1.82. The minimum atomic E-state index is -1.28. The molecule has 6 nitrogen and oxygen atoms in total. The summed E-state index contributed by atoms with van der Waals surface area (Å²) in [6.45, 7) is 0.847. The number of anilines is 1. The van der Waals surface area contributed by atoms with Gasteiger partial charge in [-0.2, -0.15) is 0 Å². The van der Waals surface area contributed by atoms with Crippen molar-refractivity contribution in [1.82, 2.24) is 0 Å². The second kappa shape index (κ2) is 8.52. The van der Waals surface area contributed by atoms with Gasteiger partial charge in [-0.3, -0.25) is 4.79 Å². The molecule has 0 aliphatic heterocycles. The molecule has 0 spiro atoms. The number of hydrogen-bond donors (Lipinski definition) is 2. The van der Waals surface area contributed by atoms with Crippen molar-refractivity contribution in [2.45, 2.75) is 12.5 Å². The maximum Gasteiger partial charge on any atom is 0.230 e. The molecule has 0 aliphatic carbocycles. The van der Waals surface area contributed by atoms with E-state index >= 15 is 0 Å². The van der Waals surface area contributed by atoms with Crippen molar-refractivity contribution in [3.8, 4) is 0 Å². The molecule has 0 saturated heterocycles. The number of carboxylic acids is 1. The van der Waals surface area contributed by atoms with Crippen molar-refractivity contribution < 1.29 is 24.7 Å². The predicted molar refractivity (Wildman–Crippen MR) is 72.2 cm³/mol. The van der Waals surface area contributed by atoms with Crippen LogP contribution in [0.15, 0.2) is 24.3 Å². The Morgan fingerprint density at radius 1 is 1.50 bits per heavy atom. The minimum absolute atomic E-state index is 0.182. The van der Waals surface area contributed by atoms with Crippen molar-refractivity contribution in [3.63, 3.8) is 0 Å². The number of nitrogens with one attached hydrogen (secondary N) is 1. The average molecular weight is 301 g/mol. The van der Waals surface area contributed by atoms with Crippen LogP contribution >= 0.6 is 11.6 Å². The average Bonchev–Trinajstić information content (AvgIpc) is 2.37. The zero-order valence-electron chi connectivity index (χ0n) is 11.1. The second-order valence-corrected chi connectivity index (χ2v) is 4.64. The van der Waals surface area contributed by atoms with Gasteiger partial charge in [-0.15, -0.1) is 0 Å². The molecule has 7 heteroatoms. The van der Waals surface area contributed by atoms with Gasteiger partial charge in [0, 0.05) is 17.8 Å². The lowest BCUT2D eigenvalue weighted by molar-refractivity contribution is -0.683. The molecule has 1 aromatic rings. The van der Waals surface area contributed by atoms with Crippen LogP contribution in [0.25, 0.3) is 0 Å². The molecule has 20 heavy (non-hydrogen) atoms. The van der Waals surface area contributed by atoms with Crippen LogP contribution in [0.3, 0.4) is 0 Å². The number of methoxy groups -OCH3 is 1. The topological polar surface area (TPSA) is 95.1 Å². The molecule has 0 radical (unpaired) electrons. The van der Waals surface area contributed by atoms with Crippen LogP contribution in [-0.4, -0.2) is 38.2 Å². The highest BCUT2D eigenvalue weighted by Gasteiger charge is 2.18. The summed E-state index contributed by atoms with van der Waals surface area (Å²) in [7, 11) is 1.52. The third-order valence-electron chi connectivity index (χ3n) is 2.59. The van der Waals surface area contributed by atoms with Gasteiger partial charge in [0.05, 0.1) is 25.5 Å². The Labute approximate surface area is 122 Å². The Kier molecular flexibility index (Phi) is 7.00. The molecule has 0 heterocycles. The molecule has 1 atom stereocenters. The number of ether oxygens (including phenoxy) is 1. The summed E-state index contributed by atoms with van der Waals surface area (Å²) in [5.41, 5.74) is 0.525. The van der Waals surface area contributed by atoms with E-state index in [1.54, 1.807) is 24.3 Å². The first-order valence-corrected chi connectivity index (χ1v) is 6.49. The normalized spacial score (nSPS) is 11.9. The van der Waals surface area contributed by atoms with Gasteiger partial charge in [-0.1, -0.05) is 17.7 Å². The predicted octanol–water partition coefficient (Wildman–Crippen LogP) is -1.00. The number of quaternary nitrogens is 1. The largest absolute Gasteiger partial charge is 0.544 e. The Hall–Kier alpha value is -1.63. The zero-order chi connectivity index (χ0) is 15.0. The second-order valence-electron chi connectivity index (χ2n) is 4.21. The van der Waals surface area contributed by atoms with Gasteiger partial charge in [-0.25, -0.2) is 0 Å². The highest BCUT2D eigenvalue weighted by atomic mass is 35.5. The minimum Gasteiger partial charge on any atom is -0.544 e. The van der Waals surface area contributed by atoms with Crippen LogP contribution in [0, 0.1) is 0 Å². The third kappa shape index (κ3) is 6.01. The highest BCUT2D eigenvalue weighted by Crippen LogP contribution is 2.14. The number of aliphatic carboxylic acids is 1. The number of carboxylic acid groups (broad SMARTS) is 1. The van der Waals surface area contributed by atoms with Crippen molar-refractivity contribution >= 4 is 29.2 Å². The molecule has 3 N–H and O–H groups in total. The van der Waals surface area contributed by atoms with Crippen LogP contribution in [0.5, 0.6) is 0 Å². The summed E-state index contributed by atoms with van der Waals surface area (Å²) in [4.78, 5) is 22.7. The maximum absolute atomic E-state index is 11.8. The van der Waals surface area contributed by atoms with Crippen molar-refractivity contribution in [2.75, 3.05) is 25.6 Å². The zero-order valence-corrected chi connectivity index (χ0v) is 11.9. The molecular formula is C13H17ClN2O4. The number of carbonyl (C=O) groups excluding carboxylic acids is 2. The van der Waals surface area contributed by atoms with Gasteiger partial charge >= 0.3 is 0 Å². The standard InChI is InChI=1S/C13H17ClN2O4/c1-20-6-5-15-11(13(18)19)8-12(17)16-10-4-2-3-9(14)7-10/h2-4,7,11,15H,5-6,8H2,1H3,(H,16,17)(H,18,19)/t11-/m0/s1. The van der Waals surface area contributed by atoms with E-state index in [1.807, 2.05) is 0 Å². The summed E-state index contributed by atoms with van der Waals surface area (Å²) in [5.74, 6) is -1.68. The Morgan fingerprint density at radius 2 is 2.25 bits per heavy atom. The highest BCUT2D eigenvalue weighted by molar-refractivity contribution is 6.30. The molecule has 0 fully saturated rings. The molecule has 110 valence electrons. The molecule has 0 saturated carbocycles. The van der Waals surface area contributed by atoms with Crippen molar-refractivity contribution in [1.29, 1.82) is 0 Å². The van der Waals surface area contributed by atoms with Gasteiger partial charge in [-0.05, 0) is 18.2 Å². The summed E-state index contributed by atoms with van der Waals surface area (Å²) < 4.78 is 4.83. The molecule has 1 amide bonds. The van der Waals surface area contributed by atoms with Crippen LogP contribution < -0.4 is 15.7 Å². The van der Waals surface area contributed by atoms with Gasteiger partial charge < -0.3 is 25.3 Å². The Morgan fingerprint density at radius 3 is 2.85 bits per heavy atom. The molecule has 0 aliphatic rings. The van der Waals surface area contributed by atoms with E-state index in [1.165, 1.54) is 12.4 Å². The van der Waals surface area contributed by atoms with Gasteiger partial charge in [0.1, 0.15) is 6.04 Å². The molecule has 0 aromatic heterocycles. The molecular weight excluding hydrogens is 284 g/mol. The van der Waals surface area contributed by atoms with Crippen LogP contribution in [0.4, 0.5) is 5.69 Å². The summed E-state index contributed by atoms with van der Waals surface area (Å²) in [5, 5.41) is 15.5. The maximum atomic E-state index is 11.8. The van der Waals surface area contributed by atoms with Crippen LogP contribution in [0.1, 0.15) is 6.42 Å². The van der Waals surface area contributed by atoms with E-state index in [4.69, 9.17) is 16.3 Å². The third-order valence-corrected chi connectivity index (χ3v) is 2.82. The van der Waals surface area contributed by atoms with Gasteiger partial charge in [0.15, 0.2) is 0 Å². The Bertz CT molecular complexity index is 467. The number of rotatable bonds is 8. The first-order chi connectivity index (χ1) is 9.52. The van der Waals surface area contributed by atoms with Crippen molar-refractivity contribution in [2.24, 2.45) is 0 Å². The molecule has 1 aromatic carbocycles. The molecule has 0 unspecified atom stereocenters. The number of carbonyl (C=O) groups is 2. The Balaban J connectivity index is 2.51. The number of benzene rings is 1. The van der Waals surface area contributed by atoms with Crippen LogP contribution in [-0.2, 0) is 14.3 Å². The number of nitrogens with two attached hydrogens (primary N) is 1. The lowest BCUT2D eigenvalue weighted by Gasteiger charge is -2.16. The molecule has 0 bridgehead atoms. The summed E-state index contributed by atoms with van der Waals surface area (Å²) >= 11 is 5.79. The van der Waals surface area contributed by atoms with Crippen LogP contribution in [0.2, 0.25) is 5.02 Å². The number of hydrogen-bond acceptors (Lipinski definition) is 4. The van der Waals surface area contributed by atoms with E-state index < -0.39 is 17.9 Å². The first-order valence-electron chi connectivity index (χ1n) is 6.11. The number of halogens is 1. The van der Waals surface area contributed by atoms with E-state index in [9.17, 15) is 14.7 Å². The first kappa shape index (κ1) is 16.4. The molecule has 1 rings (SSSR count). The summed E-state index contributed by atoms with van der Waals surface area (Å²) in [6.07, 6.45) is -0.182. The van der Waals surface area contributed by atoms with E-state index in [-0.39, 0.29) is 6.42 Å². The quantitative estimate of drug-likeness (QED) is 0.602. The SMILES string of the molecule is COCC[NH2+][C@@H](CC(=O)Nc1cccc(Cl)c1)C(=O)[O-]. The van der Waals surface area contributed by atoms with E-state index in [0.29, 0.717) is 23.9 Å². The summed E-state index contributed by atoms with van der Waals surface area (Å²) in [6, 6.07) is 5.69. The van der Waals surface area contributed by atoms with E-state index in [2.05, 4.69) is 5.32 Å². The van der Waals surface area contributed by atoms with E-state index in [0.717, 1.165) is 0 Å². The smallest absolute Gasteiger partial charge is 0.230 e. The lowest BCUT2D eigenvalue weighted by Crippen LogP contribution is -2.94. The van der Waals surface area contributed by atoms with Gasteiger partial charge in [0.2, 0.25) is 5.91 Å². The number of amides is 1. The lowest BCUT2D eigenvalue weighted by atomic mass is 10.2. The fraction of sp³-hybridized carbons (Fsp3) is 0.385. The fourth-order valence-electron chi connectivity index (χ4n) is 1.63. The van der Waals surface area contributed by atoms with Crippen molar-refractivity contribution in [3.05, 3.63) is 29.3 Å². The monoisotopic (exact) mass is 300 g/mol.